The number of nitrogens with two attached hydrogens (primary N) is 1. The smallest absolute Gasteiger partial charge is 0.428 e. The minimum Gasteiger partial charge on any atom is -0.428 e. The second kappa shape index (κ2) is 8.66. The molecule has 2 fully saturated rings. The maximum absolute atomic E-state index is 14.7. The number of hydrogen-bond donors (Lipinski definition) is 1. The van der Waals surface area contributed by atoms with Gasteiger partial charge in [0.25, 0.3) is 0 Å². The molecule has 35 heavy (non-hydrogen) atoms. The number of nitrogens with zero attached hydrogens (tertiary/aromatic N) is 2. The molecular weight excluding hydrogens is 509 g/mol. The van der Waals surface area contributed by atoms with E-state index in [1.165, 1.54) is 18.0 Å². The fourth-order valence-electron chi connectivity index (χ4n) is 4.17. The number of aliphatic imine (C=N–C) groups is 1. The number of thioether (sulfide) groups is 1. The minimum atomic E-state index is -4.81. The fraction of sp³-hybridized carbons (Fsp3) is 0.250. The Bertz CT molecular complexity index is 1280. The van der Waals surface area contributed by atoms with Crippen molar-refractivity contribution in [2.45, 2.75) is 34.6 Å². The van der Waals surface area contributed by atoms with Gasteiger partial charge in [-0.25, -0.2) is 9.37 Å². The molecule has 1 aromatic heterocycles. The third kappa shape index (κ3) is 4.33. The summed E-state index contributed by atoms with van der Waals surface area (Å²) < 4.78 is 71.7. The molecule has 11 heteroatoms. The first-order chi connectivity index (χ1) is 16.6. The Balaban J connectivity index is 1.70. The van der Waals surface area contributed by atoms with E-state index in [1.807, 2.05) is 30.3 Å². The van der Waals surface area contributed by atoms with Crippen LogP contribution in [-0.4, -0.2) is 34.0 Å². The van der Waals surface area contributed by atoms with Gasteiger partial charge in [0.15, 0.2) is 0 Å². The van der Waals surface area contributed by atoms with E-state index >= 15 is 0 Å². The molecule has 0 radical (unpaired) electrons. The summed E-state index contributed by atoms with van der Waals surface area (Å²) in [5.74, 6) is -2.21. The van der Waals surface area contributed by atoms with Crippen molar-refractivity contribution in [2.24, 2.45) is 10.7 Å². The normalized spacial score (nSPS) is 26.5. The summed E-state index contributed by atoms with van der Waals surface area (Å²) in [6, 6.07) is 17.5. The Hall–Kier alpha value is -2.87. The highest BCUT2D eigenvalue weighted by molar-refractivity contribution is 8.07. The summed E-state index contributed by atoms with van der Waals surface area (Å²) in [6.45, 7) is 0. The lowest BCUT2D eigenvalue weighted by molar-refractivity contribution is -0.253. The number of rotatable bonds is 7. The van der Waals surface area contributed by atoms with Crippen molar-refractivity contribution in [1.29, 1.82) is 0 Å². The van der Waals surface area contributed by atoms with Crippen LogP contribution in [0, 0.1) is 17.9 Å². The van der Waals surface area contributed by atoms with Gasteiger partial charge < -0.3 is 10.5 Å². The highest BCUT2D eigenvalue weighted by Gasteiger charge is 2.67. The van der Waals surface area contributed by atoms with E-state index in [-0.39, 0.29) is 27.0 Å². The van der Waals surface area contributed by atoms with Crippen LogP contribution >= 0.6 is 23.4 Å². The van der Waals surface area contributed by atoms with Crippen LogP contribution < -0.4 is 10.5 Å². The third-order valence-electron chi connectivity index (χ3n) is 5.74. The molecule has 2 heterocycles. The van der Waals surface area contributed by atoms with Crippen LogP contribution in [0.5, 0.6) is 5.75 Å². The number of alkyl halides is 4. The molecule has 0 bridgehead atoms. The molecule has 2 N–H and O–H groups in total. The summed E-state index contributed by atoms with van der Waals surface area (Å²) >= 11 is 7.37. The zero-order valence-corrected chi connectivity index (χ0v) is 19.1. The van der Waals surface area contributed by atoms with E-state index in [9.17, 15) is 22.0 Å². The van der Waals surface area contributed by atoms with Gasteiger partial charge in [0.1, 0.15) is 27.7 Å². The number of hydrogen-bond acceptors (Lipinski definition) is 5. The van der Waals surface area contributed by atoms with Crippen LogP contribution in [0.1, 0.15) is 22.7 Å². The van der Waals surface area contributed by atoms with Crippen LogP contribution in [0.15, 0.2) is 59.7 Å². The number of aromatic nitrogens is 1. The van der Waals surface area contributed by atoms with Gasteiger partial charge in [0, 0.05) is 17.7 Å². The second-order valence-electron chi connectivity index (χ2n) is 8.00. The first kappa shape index (κ1) is 23.9. The molecule has 5 rings (SSSR count). The van der Waals surface area contributed by atoms with Crippen molar-refractivity contribution in [1.82, 2.24) is 4.98 Å². The molecule has 3 aromatic rings. The highest BCUT2D eigenvalue weighted by atomic mass is 35.5. The Morgan fingerprint density at radius 3 is 2.49 bits per heavy atom. The van der Waals surface area contributed by atoms with E-state index in [0.717, 1.165) is 17.7 Å². The lowest BCUT2D eigenvalue weighted by Crippen LogP contribution is -2.33. The number of ether oxygens (including phenoxy) is 1. The predicted molar refractivity (Wildman–Crippen MR) is 122 cm³/mol. The molecule has 1 aliphatic carbocycles. The second-order valence-corrected chi connectivity index (χ2v) is 9.71. The highest BCUT2D eigenvalue weighted by Crippen LogP contribution is 2.62. The van der Waals surface area contributed by atoms with Crippen molar-refractivity contribution in [3.8, 4) is 5.75 Å². The summed E-state index contributed by atoms with van der Waals surface area (Å²) in [7, 11) is 0. The molecule has 180 valence electrons. The van der Waals surface area contributed by atoms with Crippen molar-refractivity contribution in [3.05, 3.63) is 94.5 Å². The summed E-state index contributed by atoms with van der Waals surface area (Å²) in [6.07, 6.45) is -7.59. The molecule has 0 amide bonds. The zero-order valence-electron chi connectivity index (χ0n) is 17.6. The van der Waals surface area contributed by atoms with E-state index in [0.29, 0.717) is 11.8 Å². The van der Waals surface area contributed by atoms with E-state index < -0.39 is 35.4 Å². The molecular formula is C24H15ClF5N3OS. The van der Waals surface area contributed by atoms with Crippen molar-refractivity contribution < 1.29 is 26.7 Å². The Labute approximate surface area is 206 Å². The fourth-order valence-corrected chi connectivity index (χ4v) is 4.73. The lowest BCUT2D eigenvalue weighted by atomic mass is 9.87. The third-order valence-corrected chi connectivity index (χ3v) is 6.87. The standard InChI is InChI=1S/C24H15ClF5N3OS/c25-14-6-7-17(32-11-14)23(13-8-15(26)10-16(9-13)34-24(29,30)22(27)28)18(12-4-2-1-3-5-12)19(23)33-21-20(31)35-21/h1-5,8-11,18,20-22H,31H2/t18-,20?,21?,23?/m1/s1. The average Bonchev–Trinajstić information content (AvgIpc) is 3.69. The van der Waals surface area contributed by atoms with Gasteiger partial charge in [-0.05, 0) is 35.4 Å². The van der Waals surface area contributed by atoms with Crippen LogP contribution in [0.4, 0.5) is 22.0 Å². The van der Waals surface area contributed by atoms with Gasteiger partial charge >= 0.3 is 12.5 Å². The molecule has 1 saturated carbocycles. The molecule has 4 atom stereocenters. The maximum Gasteiger partial charge on any atom is 0.461 e. The van der Waals surface area contributed by atoms with Crippen LogP contribution in [0.3, 0.4) is 0 Å². The van der Waals surface area contributed by atoms with Gasteiger partial charge in [-0.2, -0.15) is 17.6 Å². The van der Waals surface area contributed by atoms with E-state index in [2.05, 4.69) is 21.9 Å². The first-order valence-electron chi connectivity index (χ1n) is 10.3. The summed E-state index contributed by atoms with van der Waals surface area (Å²) in [4.78, 5) is 9.10. The van der Waals surface area contributed by atoms with E-state index in [4.69, 9.17) is 22.3 Å². The number of halogens is 6. The van der Waals surface area contributed by atoms with Gasteiger partial charge in [0.2, 0.25) is 0 Å². The zero-order chi connectivity index (χ0) is 25.0. The molecule has 0 spiro atoms. The Morgan fingerprint density at radius 2 is 1.89 bits per heavy atom. The number of benzene rings is 2. The van der Waals surface area contributed by atoms with Gasteiger partial charge in [-0.15, -0.1) is 11.8 Å². The molecule has 4 nitrogen and oxygen atoms in total. The van der Waals surface area contributed by atoms with Gasteiger partial charge in [0.05, 0.1) is 17.0 Å². The minimum absolute atomic E-state index is 0.129. The quantitative estimate of drug-likeness (QED) is 0.324. The maximum atomic E-state index is 14.7. The molecule has 2 aliphatic rings. The average molecular weight is 524 g/mol. The monoisotopic (exact) mass is 523 g/mol. The molecule has 1 aliphatic heterocycles. The topological polar surface area (TPSA) is 60.5 Å². The first-order valence-corrected chi connectivity index (χ1v) is 11.6. The Kier molecular flexibility index (Phi) is 5.90. The Morgan fingerprint density at radius 1 is 1.17 bits per heavy atom. The van der Waals surface area contributed by atoms with Crippen molar-refractivity contribution in [2.75, 3.05) is 0 Å². The summed E-state index contributed by atoms with van der Waals surface area (Å²) in [5, 5.41) is -0.289. The molecule has 3 unspecified atom stereocenters. The van der Waals surface area contributed by atoms with Crippen LogP contribution in [-0.2, 0) is 5.41 Å². The largest absolute Gasteiger partial charge is 0.461 e. The van der Waals surface area contributed by atoms with Crippen LogP contribution in [0.25, 0.3) is 0 Å². The van der Waals surface area contributed by atoms with Gasteiger partial charge in [-0.3, -0.25) is 4.99 Å². The van der Waals surface area contributed by atoms with Crippen molar-refractivity contribution >= 4 is 29.1 Å². The molecule has 1 saturated heterocycles. The van der Waals surface area contributed by atoms with Gasteiger partial charge in [-0.1, -0.05) is 41.9 Å². The van der Waals surface area contributed by atoms with Crippen molar-refractivity contribution in [3.63, 3.8) is 0 Å². The molecule has 2 aromatic carbocycles. The summed E-state index contributed by atoms with van der Waals surface area (Å²) in [5.41, 5.74) is 6.40. The van der Waals surface area contributed by atoms with Crippen LogP contribution in [0.2, 0.25) is 5.02 Å². The SMILES string of the molecule is NC1SC1N=C1[C@@H](c2ccccc2)C1(c1cc(F)cc(OC(F)(F)C(F)F)c1)c1c#cc(Cl)cn1. The predicted octanol–water partition coefficient (Wildman–Crippen LogP) is 5.59. The lowest BCUT2D eigenvalue weighted by Gasteiger charge is -2.20. The van der Waals surface area contributed by atoms with E-state index in [1.54, 1.807) is 0 Å².